The molecule has 39 heavy (non-hydrogen) atoms. The average molecular weight is 584 g/mol. The second kappa shape index (κ2) is 11.6. The largest absolute Gasteiger partial charge is 0.479 e. The summed E-state index contributed by atoms with van der Waals surface area (Å²) in [6, 6.07) is 7.65. The standard InChI is InChI=1S/C26H29F4N5O2S2/c1-35-13-11-19(18(27)15-35)33-20-7-4-6-16-17(14-26(28,29)30)22(38-24(16)20)8-5-12-32-21-9-10-23(39(3,31)36)34-25(21)37-2/h4,6-7,9-10,18-19,31-33H,11-15H2,1-3H3/t18?,19-,39?/m1/s1. The van der Waals surface area contributed by atoms with Gasteiger partial charge in [-0.25, -0.2) is 18.4 Å². The second-order valence-corrected chi connectivity index (χ2v) is 12.5. The second-order valence-electron chi connectivity index (χ2n) is 9.41. The van der Waals surface area contributed by atoms with E-state index in [1.807, 2.05) is 11.9 Å². The van der Waals surface area contributed by atoms with E-state index >= 15 is 0 Å². The number of pyridine rings is 1. The van der Waals surface area contributed by atoms with Crippen molar-refractivity contribution in [3.05, 3.63) is 40.8 Å². The molecule has 0 saturated carbocycles. The molecular weight excluding hydrogens is 554 g/mol. The molecule has 13 heteroatoms. The molecule has 3 aromatic rings. The third-order valence-corrected chi connectivity index (χ3v) is 8.50. The molecule has 1 aromatic carbocycles. The quantitative estimate of drug-likeness (QED) is 0.256. The average Bonchev–Trinajstić information content (AvgIpc) is 3.19. The van der Waals surface area contributed by atoms with Gasteiger partial charge in [0.1, 0.15) is 11.2 Å². The lowest BCUT2D eigenvalue weighted by Crippen LogP contribution is -2.46. The molecule has 3 heterocycles. The first-order valence-electron chi connectivity index (χ1n) is 12.1. The normalized spacial score (nSPS) is 19.7. The van der Waals surface area contributed by atoms with Crippen molar-refractivity contribution < 1.29 is 26.5 Å². The topological polar surface area (TPSA) is 90.3 Å². The number of fused-ring (bicyclic) bond motifs is 1. The summed E-state index contributed by atoms with van der Waals surface area (Å²) in [5.41, 5.74) is 1.13. The van der Waals surface area contributed by atoms with Gasteiger partial charge in [-0.15, -0.1) is 11.3 Å². The molecule has 4 rings (SSSR count). The van der Waals surface area contributed by atoms with Crippen LogP contribution in [0.5, 0.6) is 5.88 Å². The van der Waals surface area contributed by atoms with Crippen LogP contribution in [-0.2, 0) is 16.1 Å². The molecular formula is C26H29F4N5O2S2. The molecule has 1 aliphatic heterocycles. The van der Waals surface area contributed by atoms with Gasteiger partial charge < -0.3 is 20.3 Å². The first kappa shape index (κ1) is 28.9. The summed E-state index contributed by atoms with van der Waals surface area (Å²) >= 11 is 1.15. The minimum Gasteiger partial charge on any atom is -0.479 e. The molecule has 0 spiro atoms. The maximum absolute atomic E-state index is 14.7. The lowest BCUT2D eigenvalue weighted by atomic mass is 10.0. The number of hydrogen-bond acceptors (Lipinski definition) is 8. The number of alkyl halides is 4. The van der Waals surface area contributed by atoms with Gasteiger partial charge in [-0.1, -0.05) is 24.0 Å². The summed E-state index contributed by atoms with van der Waals surface area (Å²) < 4.78 is 80.7. The number of anilines is 2. The molecule has 0 aliphatic carbocycles. The lowest BCUT2D eigenvalue weighted by Gasteiger charge is -2.33. The Labute approximate surface area is 228 Å². The van der Waals surface area contributed by atoms with Crippen molar-refractivity contribution in [1.82, 2.24) is 9.88 Å². The Hall–Kier alpha value is -3.08. The predicted molar refractivity (Wildman–Crippen MR) is 147 cm³/mol. The highest BCUT2D eigenvalue weighted by atomic mass is 32.2. The fourth-order valence-corrected chi connectivity index (χ4v) is 6.13. The van der Waals surface area contributed by atoms with E-state index in [-0.39, 0.29) is 23.0 Å². The van der Waals surface area contributed by atoms with Gasteiger partial charge in [0, 0.05) is 19.3 Å². The number of nitrogens with one attached hydrogen (secondary N) is 3. The van der Waals surface area contributed by atoms with E-state index in [1.54, 1.807) is 24.3 Å². The van der Waals surface area contributed by atoms with E-state index in [0.29, 0.717) is 39.3 Å². The van der Waals surface area contributed by atoms with E-state index in [4.69, 9.17) is 9.52 Å². The summed E-state index contributed by atoms with van der Waals surface area (Å²) in [6.45, 7) is 1.10. The predicted octanol–water partition coefficient (Wildman–Crippen LogP) is 5.36. The first-order valence-corrected chi connectivity index (χ1v) is 14.9. The molecule has 7 nitrogen and oxygen atoms in total. The number of piperidine rings is 1. The number of methoxy groups -OCH3 is 1. The monoisotopic (exact) mass is 583 g/mol. The van der Waals surface area contributed by atoms with Crippen LogP contribution in [0, 0.1) is 16.6 Å². The SMILES string of the molecule is COc1nc(S(C)(=N)=O)ccc1NCC#Cc1sc2c(N[C@@H]3CCN(C)CC3F)cccc2c1CC(F)(F)F. The van der Waals surface area contributed by atoms with Crippen LogP contribution in [0.4, 0.5) is 28.9 Å². The van der Waals surface area contributed by atoms with Crippen molar-refractivity contribution in [3.8, 4) is 17.7 Å². The molecule has 1 aliphatic rings. The summed E-state index contributed by atoms with van der Waals surface area (Å²) in [5, 5.41) is 6.74. The van der Waals surface area contributed by atoms with Gasteiger partial charge in [-0.2, -0.15) is 13.2 Å². The Morgan fingerprint density at radius 1 is 1.28 bits per heavy atom. The Balaban J connectivity index is 1.61. The minimum atomic E-state index is -4.43. The maximum Gasteiger partial charge on any atom is 0.393 e. The number of nitrogens with zero attached hydrogens (tertiary/aromatic N) is 2. The highest BCUT2D eigenvalue weighted by molar-refractivity contribution is 7.91. The molecule has 210 valence electrons. The molecule has 1 fully saturated rings. The molecule has 1 saturated heterocycles. The Bertz CT molecular complexity index is 1510. The van der Waals surface area contributed by atoms with Gasteiger partial charge in [0.25, 0.3) is 0 Å². The van der Waals surface area contributed by atoms with Gasteiger partial charge in [-0.3, -0.25) is 0 Å². The van der Waals surface area contributed by atoms with Crippen LogP contribution < -0.4 is 15.4 Å². The minimum absolute atomic E-state index is 0.0711. The lowest BCUT2D eigenvalue weighted by molar-refractivity contribution is -0.126. The smallest absolute Gasteiger partial charge is 0.393 e. The van der Waals surface area contributed by atoms with Crippen molar-refractivity contribution in [3.63, 3.8) is 0 Å². The van der Waals surface area contributed by atoms with E-state index in [2.05, 4.69) is 27.5 Å². The number of hydrogen-bond donors (Lipinski definition) is 3. The summed E-state index contributed by atoms with van der Waals surface area (Å²) in [6.07, 6.45) is -4.81. The van der Waals surface area contributed by atoms with E-state index in [1.165, 1.54) is 19.4 Å². The van der Waals surface area contributed by atoms with Crippen LogP contribution in [0.25, 0.3) is 10.1 Å². The summed E-state index contributed by atoms with van der Waals surface area (Å²) in [4.78, 5) is 6.30. The van der Waals surface area contributed by atoms with Crippen LogP contribution in [0.1, 0.15) is 16.9 Å². The third-order valence-electron chi connectivity index (χ3n) is 6.28. The van der Waals surface area contributed by atoms with Gasteiger partial charge >= 0.3 is 6.18 Å². The van der Waals surface area contributed by atoms with Crippen LogP contribution >= 0.6 is 11.3 Å². The van der Waals surface area contributed by atoms with Crippen molar-refractivity contribution in [2.24, 2.45) is 0 Å². The number of ether oxygens (including phenoxy) is 1. The highest BCUT2D eigenvalue weighted by Crippen LogP contribution is 2.39. The number of benzene rings is 1. The van der Waals surface area contributed by atoms with E-state index in [0.717, 1.165) is 17.9 Å². The van der Waals surface area contributed by atoms with Crippen LogP contribution in [0.3, 0.4) is 0 Å². The maximum atomic E-state index is 14.7. The highest BCUT2D eigenvalue weighted by Gasteiger charge is 2.32. The molecule has 2 unspecified atom stereocenters. The molecule has 3 atom stereocenters. The fraction of sp³-hybridized carbons (Fsp3) is 0.423. The Kier molecular flexibility index (Phi) is 8.58. The van der Waals surface area contributed by atoms with Crippen LogP contribution in [-0.4, -0.2) is 72.5 Å². The number of thiophene rings is 1. The van der Waals surface area contributed by atoms with Gasteiger partial charge in [0.2, 0.25) is 5.88 Å². The van der Waals surface area contributed by atoms with Crippen molar-refractivity contribution >= 4 is 42.5 Å². The fourth-order valence-electron chi connectivity index (χ4n) is 4.37. The van der Waals surface area contributed by atoms with Gasteiger partial charge in [-0.05, 0) is 42.6 Å². The summed E-state index contributed by atoms with van der Waals surface area (Å²) in [7, 11) is 0.208. The molecule has 3 N–H and O–H groups in total. The number of rotatable bonds is 7. The van der Waals surface area contributed by atoms with Gasteiger partial charge in [0.05, 0.1) is 56.8 Å². The molecule has 0 bridgehead atoms. The van der Waals surface area contributed by atoms with Crippen LogP contribution in [0.15, 0.2) is 35.4 Å². The molecule has 2 aromatic heterocycles. The molecule has 0 radical (unpaired) electrons. The molecule has 0 amide bonds. The first-order chi connectivity index (χ1) is 18.4. The Morgan fingerprint density at radius 2 is 2.05 bits per heavy atom. The zero-order valence-electron chi connectivity index (χ0n) is 21.6. The van der Waals surface area contributed by atoms with Crippen LogP contribution in [0.2, 0.25) is 0 Å². The zero-order chi connectivity index (χ0) is 28.4. The van der Waals surface area contributed by atoms with Crippen molar-refractivity contribution in [2.45, 2.75) is 36.3 Å². The van der Waals surface area contributed by atoms with Crippen molar-refractivity contribution in [2.75, 3.05) is 50.7 Å². The van der Waals surface area contributed by atoms with Crippen molar-refractivity contribution in [1.29, 1.82) is 4.78 Å². The van der Waals surface area contributed by atoms with Gasteiger partial charge in [0.15, 0.2) is 0 Å². The number of aromatic nitrogens is 1. The number of likely N-dealkylation sites (tertiary alicyclic amines) is 1. The Morgan fingerprint density at radius 3 is 2.72 bits per heavy atom. The zero-order valence-corrected chi connectivity index (χ0v) is 23.2. The van der Waals surface area contributed by atoms with E-state index < -0.39 is 34.5 Å². The number of halogens is 4. The third kappa shape index (κ3) is 7.12. The summed E-state index contributed by atoms with van der Waals surface area (Å²) in [5.74, 6) is 5.87. The van der Waals surface area contributed by atoms with E-state index in [9.17, 15) is 21.8 Å².